The van der Waals surface area contributed by atoms with E-state index in [1.807, 2.05) is 12.1 Å². The van der Waals surface area contributed by atoms with Gasteiger partial charge >= 0.3 is 6.09 Å². The van der Waals surface area contributed by atoms with E-state index in [0.717, 1.165) is 18.4 Å². The molecule has 3 N–H and O–H groups in total. The summed E-state index contributed by atoms with van der Waals surface area (Å²) in [6.07, 6.45) is 5.16. The first kappa shape index (κ1) is 20.5. The van der Waals surface area contributed by atoms with E-state index >= 15 is 0 Å². The lowest BCUT2D eigenvalue weighted by atomic mass is 10.2. The summed E-state index contributed by atoms with van der Waals surface area (Å²) in [6.45, 7) is 5.37. The van der Waals surface area contributed by atoms with Gasteiger partial charge in [0.25, 0.3) is 0 Å². The molecule has 0 aromatic heterocycles. The molecule has 0 radical (unpaired) electrons. The van der Waals surface area contributed by atoms with Gasteiger partial charge in [0.05, 0.1) is 0 Å². The minimum atomic E-state index is -0.637. The van der Waals surface area contributed by atoms with Crippen LogP contribution in [0, 0.1) is 5.92 Å². The van der Waals surface area contributed by atoms with Crippen LogP contribution in [0.25, 0.3) is 0 Å². The van der Waals surface area contributed by atoms with Crippen LogP contribution in [-0.2, 0) is 20.9 Å². The number of allylic oxidation sites excluding steroid dienone is 1. The van der Waals surface area contributed by atoms with E-state index in [1.54, 1.807) is 45.0 Å². The first-order chi connectivity index (χ1) is 12.7. The predicted molar refractivity (Wildman–Crippen MR) is 103 cm³/mol. The van der Waals surface area contributed by atoms with E-state index in [0.29, 0.717) is 11.6 Å². The number of nitrogens with one attached hydrogen (secondary N) is 3. The quantitative estimate of drug-likeness (QED) is 0.640. The Morgan fingerprint density at radius 1 is 1.19 bits per heavy atom. The summed E-state index contributed by atoms with van der Waals surface area (Å²) in [6, 6.07) is 7.24. The van der Waals surface area contributed by atoms with Crippen molar-refractivity contribution >= 4 is 23.6 Å². The molecule has 0 aliphatic heterocycles. The maximum absolute atomic E-state index is 11.9. The highest BCUT2D eigenvalue weighted by molar-refractivity contribution is 5.99. The fourth-order valence-electron chi connectivity index (χ4n) is 2.18. The van der Waals surface area contributed by atoms with Crippen LogP contribution in [0.3, 0.4) is 0 Å². The Balaban J connectivity index is 1.74. The van der Waals surface area contributed by atoms with Gasteiger partial charge in [0.1, 0.15) is 12.1 Å². The van der Waals surface area contributed by atoms with Crippen LogP contribution in [0.5, 0.6) is 0 Å². The summed E-state index contributed by atoms with van der Waals surface area (Å²) in [5.41, 5.74) is 0.892. The van der Waals surface area contributed by atoms with E-state index < -0.39 is 11.7 Å². The fourth-order valence-corrected chi connectivity index (χ4v) is 2.18. The van der Waals surface area contributed by atoms with Crippen molar-refractivity contribution in [2.24, 2.45) is 5.92 Å². The lowest BCUT2D eigenvalue weighted by molar-refractivity contribution is -0.120. The number of hydrogen-bond donors (Lipinski definition) is 3. The predicted octanol–water partition coefficient (Wildman–Crippen LogP) is 2.73. The minimum Gasteiger partial charge on any atom is -0.444 e. The third kappa shape index (κ3) is 8.89. The van der Waals surface area contributed by atoms with Gasteiger partial charge in [0, 0.05) is 12.2 Å². The van der Waals surface area contributed by atoms with E-state index in [9.17, 15) is 14.4 Å². The van der Waals surface area contributed by atoms with Crippen molar-refractivity contribution in [3.63, 3.8) is 0 Å². The smallest absolute Gasteiger partial charge is 0.408 e. The molecule has 1 aromatic carbocycles. The molecule has 0 heterocycles. The number of benzene rings is 1. The summed E-state index contributed by atoms with van der Waals surface area (Å²) in [5.74, 6) is 0.0545. The zero-order valence-electron chi connectivity index (χ0n) is 16.0. The maximum Gasteiger partial charge on any atom is 0.408 e. The largest absolute Gasteiger partial charge is 0.444 e. The molecule has 27 heavy (non-hydrogen) atoms. The first-order valence-corrected chi connectivity index (χ1v) is 9.03. The number of carbonyl (C=O) groups is 3. The van der Waals surface area contributed by atoms with Crippen molar-refractivity contribution < 1.29 is 19.1 Å². The van der Waals surface area contributed by atoms with Crippen molar-refractivity contribution in [2.45, 2.75) is 45.8 Å². The Morgan fingerprint density at radius 3 is 2.59 bits per heavy atom. The molecule has 1 aromatic rings. The van der Waals surface area contributed by atoms with Crippen LogP contribution in [0.15, 0.2) is 36.4 Å². The van der Waals surface area contributed by atoms with Crippen molar-refractivity contribution in [2.75, 3.05) is 11.9 Å². The molecule has 7 nitrogen and oxygen atoms in total. The lowest BCUT2D eigenvalue weighted by Crippen LogP contribution is -2.39. The molecule has 1 aliphatic carbocycles. The SMILES string of the molecule is CC(C)(C)OC(=O)NCC(=O)NCc1cccc(NC(=O)/C=C/C2CC2)c1. The van der Waals surface area contributed by atoms with Gasteiger partial charge in [0.15, 0.2) is 0 Å². The molecular weight excluding hydrogens is 346 g/mol. The highest BCUT2D eigenvalue weighted by atomic mass is 16.6. The molecule has 0 spiro atoms. The Bertz CT molecular complexity index is 718. The van der Waals surface area contributed by atoms with Gasteiger partial charge < -0.3 is 20.7 Å². The molecule has 7 heteroatoms. The molecule has 146 valence electrons. The third-order valence-electron chi connectivity index (χ3n) is 3.62. The zero-order chi connectivity index (χ0) is 19.9. The number of amides is 3. The van der Waals surface area contributed by atoms with Crippen molar-refractivity contribution in [1.29, 1.82) is 0 Å². The van der Waals surface area contributed by atoms with Crippen LogP contribution in [0.4, 0.5) is 10.5 Å². The molecule has 2 rings (SSSR count). The number of rotatable bonds is 7. The maximum atomic E-state index is 11.9. The van der Waals surface area contributed by atoms with E-state index in [-0.39, 0.29) is 24.9 Å². The van der Waals surface area contributed by atoms with Gasteiger partial charge in [-0.2, -0.15) is 0 Å². The van der Waals surface area contributed by atoms with Crippen LogP contribution >= 0.6 is 0 Å². The number of hydrogen-bond acceptors (Lipinski definition) is 4. The van der Waals surface area contributed by atoms with Gasteiger partial charge in [-0.25, -0.2) is 4.79 Å². The van der Waals surface area contributed by atoms with Gasteiger partial charge in [-0.15, -0.1) is 0 Å². The average molecular weight is 373 g/mol. The van der Waals surface area contributed by atoms with E-state index in [2.05, 4.69) is 16.0 Å². The monoisotopic (exact) mass is 373 g/mol. The van der Waals surface area contributed by atoms with Gasteiger partial charge in [-0.1, -0.05) is 18.2 Å². The van der Waals surface area contributed by atoms with Gasteiger partial charge in [-0.3, -0.25) is 9.59 Å². The second kappa shape index (κ2) is 9.21. The molecule has 1 aliphatic rings. The Morgan fingerprint density at radius 2 is 1.93 bits per heavy atom. The second-order valence-corrected chi connectivity index (χ2v) is 7.52. The lowest BCUT2D eigenvalue weighted by Gasteiger charge is -2.19. The number of ether oxygens (including phenoxy) is 1. The first-order valence-electron chi connectivity index (χ1n) is 9.03. The van der Waals surface area contributed by atoms with Crippen molar-refractivity contribution in [1.82, 2.24) is 10.6 Å². The van der Waals surface area contributed by atoms with Crippen LogP contribution in [0.1, 0.15) is 39.2 Å². The third-order valence-corrected chi connectivity index (χ3v) is 3.62. The van der Waals surface area contributed by atoms with Gasteiger partial charge in [0.2, 0.25) is 11.8 Å². The molecule has 0 saturated heterocycles. The summed E-state index contributed by atoms with van der Waals surface area (Å²) in [7, 11) is 0. The van der Waals surface area contributed by atoms with Crippen LogP contribution < -0.4 is 16.0 Å². The molecule has 0 bridgehead atoms. The summed E-state index contributed by atoms with van der Waals surface area (Å²) < 4.78 is 5.07. The highest BCUT2D eigenvalue weighted by Gasteiger charge is 2.18. The second-order valence-electron chi connectivity index (χ2n) is 7.52. The summed E-state index contributed by atoms with van der Waals surface area (Å²) >= 11 is 0. The number of anilines is 1. The fraction of sp³-hybridized carbons (Fsp3) is 0.450. The molecular formula is C20H27N3O4. The normalized spacial score (nSPS) is 13.9. The Kier molecular flexibility index (Phi) is 6.98. The highest BCUT2D eigenvalue weighted by Crippen LogP contribution is 2.29. The summed E-state index contributed by atoms with van der Waals surface area (Å²) in [4.78, 5) is 35.2. The summed E-state index contributed by atoms with van der Waals surface area (Å²) in [5, 5.41) is 7.92. The van der Waals surface area contributed by atoms with E-state index in [4.69, 9.17) is 4.74 Å². The Labute approximate surface area is 159 Å². The van der Waals surface area contributed by atoms with E-state index in [1.165, 1.54) is 0 Å². The molecule has 0 unspecified atom stereocenters. The minimum absolute atomic E-state index is 0.162. The standard InChI is InChI=1S/C20H27N3O4/c1-20(2,3)27-19(26)22-13-18(25)21-12-15-5-4-6-16(11-15)23-17(24)10-9-14-7-8-14/h4-6,9-11,14H,7-8,12-13H2,1-3H3,(H,21,25)(H,22,26)(H,23,24)/b10-9+. The molecule has 3 amide bonds. The molecule has 0 atom stereocenters. The molecule has 1 fully saturated rings. The number of alkyl carbamates (subject to hydrolysis) is 1. The van der Waals surface area contributed by atoms with Gasteiger partial charge in [-0.05, 0) is 63.3 Å². The van der Waals surface area contributed by atoms with Crippen molar-refractivity contribution in [3.8, 4) is 0 Å². The van der Waals surface area contributed by atoms with Crippen molar-refractivity contribution in [3.05, 3.63) is 42.0 Å². The topological polar surface area (TPSA) is 96.5 Å². The van der Waals surface area contributed by atoms with Crippen LogP contribution in [-0.4, -0.2) is 30.1 Å². The van der Waals surface area contributed by atoms with Crippen LogP contribution in [0.2, 0.25) is 0 Å². The Hall–Kier alpha value is -2.83. The zero-order valence-corrected chi connectivity index (χ0v) is 16.0. The average Bonchev–Trinajstić information content (AvgIpc) is 3.39. The molecule has 1 saturated carbocycles. The number of carbonyl (C=O) groups excluding carboxylic acids is 3.